The van der Waals surface area contributed by atoms with E-state index in [-0.39, 0.29) is 19.8 Å². The van der Waals surface area contributed by atoms with Crippen LogP contribution in [-0.4, -0.2) is 96.4 Å². The number of aryl methyl sites for hydroxylation is 2. The topological polar surface area (TPSA) is 142 Å². The van der Waals surface area contributed by atoms with Crippen molar-refractivity contribution in [1.29, 1.82) is 0 Å². The number of aromatic nitrogens is 3. The molecule has 1 saturated heterocycles. The maximum atomic E-state index is 13.3. The van der Waals surface area contributed by atoms with Crippen LogP contribution in [0.1, 0.15) is 40.8 Å². The van der Waals surface area contributed by atoms with Crippen LogP contribution >= 0.6 is 0 Å². The Bertz CT molecular complexity index is 2430. The Hall–Kier alpha value is -5.41. The monoisotopic (exact) mass is 780 g/mol. The van der Waals surface area contributed by atoms with Gasteiger partial charge in [0.1, 0.15) is 29.5 Å². The van der Waals surface area contributed by atoms with Gasteiger partial charge in [0.05, 0.1) is 31.0 Å². The highest BCUT2D eigenvalue weighted by Crippen LogP contribution is 2.37. The van der Waals surface area contributed by atoms with Crippen LogP contribution in [-0.2, 0) is 41.6 Å². The molecule has 294 valence electrons. The number of rotatable bonds is 15. The Morgan fingerprint density at radius 3 is 2.36 bits per heavy atom. The molecule has 1 aliphatic heterocycles. The van der Waals surface area contributed by atoms with E-state index >= 15 is 0 Å². The number of hydrogen-bond donors (Lipinski definition) is 2. The zero-order valence-electron chi connectivity index (χ0n) is 32.2. The normalized spacial score (nSPS) is 13.9. The number of H-pyrrole nitrogens is 1. The van der Waals surface area contributed by atoms with Crippen molar-refractivity contribution in [3.8, 4) is 22.6 Å². The first-order valence-electron chi connectivity index (χ1n) is 18.8. The molecule has 0 spiro atoms. The minimum atomic E-state index is -3.44. The number of anilines is 1. The smallest absolute Gasteiger partial charge is 0.355 e. The summed E-state index contributed by atoms with van der Waals surface area (Å²) < 4.78 is 47.5. The number of aliphatic hydroxyl groups is 1. The molecule has 1 fully saturated rings. The van der Waals surface area contributed by atoms with Gasteiger partial charge in [-0.15, -0.1) is 0 Å². The van der Waals surface area contributed by atoms with E-state index in [0.29, 0.717) is 68.5 Å². The van der Waals surface area contributed by atoms with Gasteiger partial charge >= 0.3 is 5.97 Å². The van der Waals surface area contributed by atoms with Crippen molar-refractivity contribution >= 4 is 43.5 Å². The summed E-state index contributed by atoms with van der Waals surface area (Å²) in [6.45, 7) is 4.34. The summed E-state index contributed by atoms with van der Waals surface area (Å²) in [4.78, 5) is 18.9. The standard InChI is InChI=1S/C42H48N6O7S/c1-5-53-42(50)41-34(16-10-26-54-38-17-8-12-29-11-6-7-13-32(29)38)33-14-9-15-35(40(33)43-41)39-36(44-46(4)37(39)27-49)28-55-31-20-18-30(19-21-31)47-22-24-48(25-23-47)56(51,52)45(2)3/h6-9,11-15,17-21,43,49H,5,10,16,22-28H2,1-4H3. The molecule has 0 amide bonds. The highest BCUT2D eigenvalue weighted by molar-refractivity contribution is 7.86. The molecule has 6 aromatic rings. The molecule has 1 aliphatic rings. The molecule has 13 nitrogen and oxygen atoms in total. The van der Waals surface area contributed by atoms with Gasteiger partial charge in [0.2, 0.25) is 0 Å². The Kier molecular flexibility index (Phi) is 11.6. The van der Waals surface area contributed by atoms with Gasteiger partial charge in [-0.3, -0.25) is 4.68 Å². The number of aromatic amines is 1. The molecule has 0 aliphatic carbocycles. The summed E-state index contributed by atoms with van der Waals surface area (Å²) in [5, 5.41) is 18.4. The van der Waals surface area contributed by atoms with E-state index < -0.39 is 16.2 Å². The number of benzene rings is 4. The highest BCUT2D eigenvalue weighted by Gasteiger charge is 2.29. The Labute approximate surface area is 327 Å². The number of hydrogen-bond acceptors (Lipinski definition) is 9. The summed E-state index contributed by atoms with van der Waals surface area (Å²) in [5.74, 6) is 1.03. The molecule has 2 N–H and O–H groups in total. The number of carbonyl (C=O) groups is 1. The van der Waals surface area contributed by atoms with E-state index in [1.165, 1.54) is 8.61 Å². The van der Waals surface area contributed by atoms with Gasteiger partial charge in [0.25, 0.3) is 10.2 Å². The minimum absolute atomic E-state index is 0.129. The number of para-hydroxylation sites is 1. The highest BCUT2D eigenvalue weighted by atomic mass is 32.2. The van der Waals surface area contributed by atoms with E-state index in [0.717, 1.165) is 49.8 Å². The second-order valence-corrected chi connectivity index (χ2v) is 16.0. The summed E-state index contributed by atoms with van der Waals surface area (Å²) in [6.07, 6.45) is 1.23. The predicted octanol–water partition coefficient (Wildman–Crippen LogP) is 5.91. The van der Waals surface area contributed by atoms with Crippen molar-refractivity contribution in [2.75, 3.05) is 58.4 Å². The van der Waals surface area contributed by atoms with Crippen molar-refractivity contribution in [1.82, 2.24) is 23.4 Å². The minimum Gasteiger partial charge on any atom is -0.493 e. The molecular weight excluding hydrogens is 733 g/mol. The van der Waals surface area contributed by atoms with E-state index in [2.05, 4.69) is 22.0 Å². The van der Waals surface area contributed by atoms with Crippen LogP contribution in [0.4, 0.5) is 5.69 Å². The third-order valence-corrected chi connectivity index (χ3v) is 12.2. The van der Waals surface area contributed by atoms with Crippen molar-refractivity contribution in [2.24, 2.45) is 7.05 Å². The van der Waals surface area contributed by atoms with Crippen LogP contribution in [0.2, 0.25) is 0 Å². The zero-order chi connectivity index (χ0) is 39.4. The van der Waals surface area contributed by atoms with Crippen molar-refractivity contribution in [2.45, 2.75) is 33.0 Å². The molecule has 56 heavy (non-hydrogen) atoms. The number of piperazine rings is 1. The van der Waals surface area contributed by atoms with E-state index in [1.54, 1.807) is 32.7 Å². The van der Waals surface area contributed by atoms with Crippen LogP contribution in [0.25, 0.3) is 32.8 Å². The van der Waals surface area contributed by atoms with Gasteiger partial charge in [-0.25, -0.2) is 4.79 Å². The third-order valence-electron chi connectivity index (χ3n) is 10.3. The molecular formula is C42H48N6O7S. The molecule has 14 heteroatoms. The lowest BCUT2D eigenvalue weighted by Crippen LogP contribution is -2.51. The van der Waals surface area contributed by atoms with Crippen LogP contribution in [0, 0.1) is 0 Å². The molecule has 0 atom stereocenters. The van der Waals surface area contributed by atoms with Gasteiger partial charge in [0, 0.05) is 74.9 Å². The van der Waals surface area contributed by atoms with E-state index in [1.807, 2.05) is 72.8 Å². The molecule has 3 heterocycles. The first-order chi connectivity index (χ1) is 27.1. The SMILES string of the molecule is CCOC(=O)c1[nH]c2c(-c3c(COc4ccc(N5CCN(S(=O)(=O)N(C)C)CC5)cc4)nn(C)c3CO)cccc2c1CCCOc1cccc2ccccc12. The second kappa shape index (κ2) is 16.8. The first kappa shape index (κ1) is 38.8. The first-order valence-corrected chi connectivity index (χ1v) is 20.2. The van der Waals surface area contributed by atoms with Crippen LogP contribution in [0.15, 0.2) is 84.9 Å². The Morgan fingerprint density at radius 1 is 0.911 bits per heavy atom. The van der Waals surface area contributed by atoms with Crippen LogP contribution < -0.4 is 14.4 Å². The average molecular weight is 781 g/mol. The fourth-order valence-corrected chi connectivity index (χ4v) is 8.48. The van der Waals surface area contributed by atoms with Crippen molar-refractivity contribution in [3.05, 3.63) is 108 Å². The quantitative estimate of drug-likeness (QED) is 0.0961. The summed E-state index contributed by atoms with van der Waals surface area (Å²) >= 11 is 0. The number of fused-ring (bicyclic) bond motifs is 2. The lowest BCUT2D eigenvalue weighted by Gasteiger charge is -2.36. The molecule has 0 saturated carbocycles. The lowest BCUT2D eigenvalue weighted by atomic mass is 9.98. The van der Waals surface area contributed by atoms with E-state index in [4.69, 9.17) is 19.3 Å². The number of esters is 1. The Morgan fingerprint density at radius 2 is 1.62 bits per heavy atom. The zero-order valence-corrected chi connectivity index (χ0v) is 33.0. The molecule has 2 aromatic heterocycles. The second-order valence-electron chi connectivity index (χ2n) is 13.9. The molecule has 4 aromatic carbocycles. The fraction of sp³-hybridized carbons (Fsp3) is 0.333. The van der Waals surface area contributed by atoms with Crippen molar-refractivity contribution < 1.29 is 32.5 Å². The molecule has 0 unspecified atom stereocenters. The molecule has 0 radical (unpaired) electrons. The van der Waals surface area contributed by atoms with Gasteiger partial charge < -0.3 is 29.2 Å². The summed E-state index contributed by atoms with van der Waals surface area (Å²) in [6, 6.07) is 27.8. The average Bonchev–Trinajstić information content (AvgIpc) is 3.75. The van der Waals surface area contributed by atoms with E-state index in [9.17, 15) is 18.3 Å². The largest absolute Gasteiger partial charge is 0.493 e. The maximum Gasteiger partial charge on any atom is 0.355 e. The number of nitrogens with zero attached hydrogens (tertiary/aromatic N) is 5. The number of carbonyl (C=O) groups excluding carboxylic acids is 1. The third kappa shape index (κ3) is 7.82. The predicted molar refractivity (Wildman–Crippen MR) is 217 cm³/mol. The lowest BCUT2D eigenvalue weighted by molar-refractivity contribution is 0.0519. The summed E-state index contributed by atoms with van der Waals surface area (Å²) in [5.41, 5.74) is 5.71. The van der Waals surface area contributed by atoms with Gasteiger partial charge in [-0.1, -0.05) is 54.6 Å². The van der Waals surface area contributed by atoms with Gasteiger partial charge in [-0.2, -0.15) is 22.1 Å². The fourth-order valence-electron chi connectivity index (χ4n) is 7.40. The van der Waals surface area contributed by atoms with Crippen LogP contribution in [0.5, 0.6) is 11.5 Å². The van der Waals surface area contributed by atoms with Gasteiger partial charge in [0.15, 0.2) is 0 Å². The summed E-state index contributed by atoms with van der Waals surface area (Å²) in [7, 11) is 1.44. The number of aliphatic hydroxyl groups excluding tert-OH is 1. The van der Waals surface area contributed by atoms with Gasteiger partial charge in [-0.05, 0) is 61.0 Å². The Balaban J connectivity index is 1.10. The number of ether oxygens (including phenoxy) is 3. The molecule has 0 bridgehead atoms. The maximum absolute atomic E-state index is 13.3. The number of nitrogens with one attached hydrogen (secondary N) is 1. The van der Waals surface area contributed by atoms with Crippen molar-refractivity contribution in [3.63, 3.8) is 0 Å². The molecule has 7 rings (SSSR count). The van der Waals surface area contributed by atoms with Crippen LogP contribution in [0.3, 0.4) is 0 Å².